The van der Waals surface area contributed by atoms with E-state index in [0.29, 0.717) is 26.1 Å². The van der Waals surface area contributed by atoms with Gasteiger partial charge >= 0.3 is 5.97 Å². The quantitative estimate of drug-likeness (QED) is 0.476. The molecule has 1 aromatic rings. The van der Waals surface area contributed by atoms with Crippen molar-refractivity contribution < 1.29 is 14.3 Å². The third kappa shape index (κ3) is 7.14. The first kappa shape index (κ1) is 17.5. The van der Waals surface area contributed by atoms with Gasteiger partial charge in [0.1, 0.15) is 5.60 Å². The Balaban J connectivity index is 2.71. The molecule has 0 aliphatic heterocycles. The lowest BCUT2D eigenvalue weighted by Gasteiger charge is -2.24. The largest absolute Gasteiger partial charge is 0.460 e. The number of esters is 1. The van der Waals surface area contributed by atoms with Crippen LogP contribution < -0.4 is 5.73 Å². The predicted octanol–water partition coefficient (Wildman–Crippen LogP) is 3.20. The number of rotatable bonds is 7. The van der Waals surface area contributed by atoms with Gasteiger partial charge in [0.25, 0.3) is 0 Å². The van der Waals surface area contributed by atoms with Crippen molar-refractivity contribution in [1.82, 2.24) is 0 Å². The lowest BCUT2D eigenvalue weighted by Crippen LogP contribution is -2.30. The standard InChI is InChI=1S/C17H27NO3/c1-5-20-11-10-14(16(19)21-17(2,3)4)12-13-6-8-15(18)9-7-13/h6-9,14H,5,10-12,18H2,1-4H3. The van der Waals surface area contributed by atoms with Gasteiger partial charge in [0.05, 0.1) is 5.92 Å². The minimum Gasteiger partial charge on any atom is -0.460 e. The highest BCUT2D eigenvalue weighted by atomic mass is 16.6. The number of anilines is 1. The number of nitrogens with two attached hydrogens (primary N) is 1. The van der Waals surface area contributed by atoms with Crippen LogP contribution in [-0.2, 0) is 20.7 Å². The summed E-state index contributed by atoms with van der Waals surface area (Å²) in [4.78, 5) is 12.3. The van der Waals surface area contributed by atoms with Crippen LogP contribution in [0.5, 0.6) is 0 Å². The van der Waals surface area contributed by atoms with Gasteiger partial charge in [-0.25, -0.2) is 0 Å². The summed E-state index contributed by atoms with van der Waals surface area (Å²) in [6.45, 7) is 8.82. The molecule has 4 heteroatoms. The van der Waals surface area contributed by atoms with Crippen LogP contribution in [-0.4, -0.2) is 24.8 Å². The fourth-order valence-corrected chi connectivity index (χ4v) is 2.00. The summed E-state index contributed by atoms with van der Waals surface area (Å²) in [5.74, 6) is -0.363. The molecule has 0 fully saturated rings. The van der Waals surface area contributed by atoms with Crippen LogP contribution in [0.4, 0.5) is 5.69 Å². The molecule has 0 spiro atoms. The maximum Gasteiger partial charge on any atom is 0.309 e. The first-order chi connectivity index (χ1) is 9.81. The Hall–Kier alpha value is -1.55. The van der Waals surface area contributed by atoms with Crippen molar-refractivity contribution in [3.63, 3.8) is 0 Å². The van der Waals surface area contributed by atoms with Gasteiger partial charge in [0.15, 0.2) is 0 Å². The summed E-state index contributed by atoms with van der Waals surface area (Å²) in [5.41, 5.74) is 7.02. The molecule has 0 saturated carbocycles. The zero-order valence-corrected chi connectivity index (χ0v) is 13.5. The molecule has 4 nitrogen and oxygen atoms in total. The van der Waals surface area contributed by atoms with Crippen LogP contribution in [0, 0.1) is 5.92 Å². The number of hydrogen-bond acceptors (Lipinski definition) is 4. The molecule has 1 unspecified atom stereocenters. The van der Waals surface area contributed by atoms with E-state index in [1.165, 1.54) is 0 Å². The zero-order valence-electron chi connectivity index (χ0n) is 13.5. The predicted molar refractivity (Wildman–Crippen MR) is 85.0 cm³/mol. The van der Waals surface area contributed by atoms with Crippen LogP contribution in [0.3, 0.4) is 0 Å². The van der Waals surface area contributed by atoms with Gasteiger partial charge in [-0.2, -0.15) is 0 Å². The van der Waals surface area contributed by atoms with Crippen molar-refractivity contribution in [2.45, 2.75) is 46.1 Å². The highest BCUT2D eigenvalue weighted by Crippen LogP contribution is 2.19. The molecule has 0 radical (unpaired) electrons. The lowest BCUT2D eigenvalue weighted by atomic mass is 9.96. The number of carbonyl (C=O) groups excluding carboxylic acids is 1. The average molecular weight is 293 g/mol. The highest BCUT2D eigenvalue weighted by molar-refractivity contribution is 5.73. The minimum absolute atomic E-state index is 0.168. The maximum atomic E-state index is 12.3. The second-order valence-electron chi connectivity index (χ2n) is 6.16. The second kappa shape index (κ2) is 8.03. The molecule has 1 atom stereocenters. The van der Waals surface area contributed by atoms with Gasteiger partial charge in [-0.1, -0.05) is 12.1 Å². The lowest BCUT2D eigenvalue weighted by molar-refractivity contribution is -0.160. The molecule has 0 amide bonds. The molecule has 1 aromatic carbocycles. The Morgan fingerprint density at radius 3 is 2.38 bits per heavy atom. The van der Waals surface area contributed by atoms with Crippen LogP contribution in [0.2, 0.25) is 0 Å². The van der Waals surface area contributed by atoms with Gasteiger partial charge in [-0.3, -0.25) is 4.79 Å². The van der Waals surface area contributed by atoms with E-state index in [1.807, 2.05) is 52.0 Å². The molecule has 21 heavy (non-hydrogen) atoms. The zero-order chi connectivity index (χ0) is 15.9. The first-order valence-corrected chi connectivity index (χ1v) is 7.47. The summed E-state index contributed by atoms with van der Waals surface area (Å²) in [6.07, 6.45) is 1.30. The number of carbonyl (C=O) groups is 1. The Kier molecular flexibility index (Phi) is 6.69. The molecule has 0 aromatic heterocycles. The van der Waals surface area contributed by atoms with E-state index in [4.69, 9.17) is 15.2 Å². The molecule has 0 bridgehead atoms. The fraction of sp³-hybridized carbons (Fsp3) is 0.588. The molecule has 0 saturated heterocycles. The van der Waals surface area contributed by atoms with E-state index >= 15 is 0 Å². The van der Waals surface area contributed by atoms with Crippen LogP contribution in [0.1, 0.15) is 39.7 Å². The van der Waals surface area contributed by atoms with Crippen LogP contribution in [0.25, 0.3) is 0 Å². The monoisotopic (exact) mass is 293 g/mol. The van der Waals surface area contributed by atoms with Crippen molar-refractivity contribution in [2.24, 2.45) is 5.92 Å². The molecule has 118 valence electrons. The van der Waals surface area contributed by atoms with Crippen molar-refractivity contribution in [2.75, 3.05) is 18.9 Å². The Labute approximate surface area is 127 Å². The van der Waals surface area contributed by atoms with Crippen molar-refractivity contribution in [1.29, 1.82) is 0 Å². The van der Waals surface area contributed by atoms with Gasteiger partial charge in [-0.05, 0) is 58.2 Å². The highest BCUT2D eigenvalue weighted by Gasteiger charge is 2.25. The Bertz CT molecular complexity index is 434. The molecule has 0 aliphatic carbocycles. The van der Waals surface area contributed by atoms with Crippen LogP contribution >= 0.6 is 0 Å². The van der Waals surface area contributed by atoms with E-state index in [-0.39, 0.29) is 11.9 Å². The number of hydrogen-bond donors (Lipinski definition) is 1. The van der Waals surface area contributed by atoms with Gasteiger partial charge in [-0.15, -0.1) is 0 Å². The third-order valence-corrected chi connectivity index (χ3v) is 3.02. The Morgan fingerprint density at radius 1 is 1.24 bits per heavy atom. The normalized spacial score (nSPS) is 13.0. The van der Waals surface area contributed by atoms with Crippen molar-refractivity contribution >= 4 is 11.7 Å². The van der Waals surface area contributed by atoms with Crippen molar-refractivity contribution in [3.8, 4) is 0 Å². The summed E-state index contributed by atoms with van der Waals surface area (Å²) < 4.78 is 10.9. The summed E-state index contributed by atoms with van der Waals surface area (Å²) in [5, 5.41) is 0. The molecule has 0 heterocycles. The smallest absolute Gasteiger partial charge is 0.309 e. The van der Waals surface area contributed by atoms with Crippen LogP contribution in [0.15, 0.2) is 24.3 Å². The van der Waals surface area contributed by atoms with Crippen molar-refractivity contribution in [3.05, 3.63) is 29.8 Å². The topological polar surface area (TPSA) is 61.5 Å². The maximum absolute atomic E-state index is 12.3. The number of ether oxygens (including phenoxy) is 2. The van der Waals surface area contributed by atoms with E-state index in [9.17, 15) is 4.79 Å². The van der Waals surface area contributed by atoms with Gasteiger partial charge in [0.2, 0.25) is 0 Å². The van der Waals surface area contributed by atoms with Gasteiger partial charge in [0, 0.05) is 18.9 Å². The second-order valence-corrected chi connectivity index (χ2v) is 6.16. The minimum atomic E-state index is -0.470. The summed E-state index contributed by atoms with van der Waals surface area (Å²) >= 11 is 0. The molecule has 0 aliphatic rings. The third-order valence-electron chi connectivity index (χ3n) is 3.02. The molecule has 2 N–H and O–H groups in total. The van der Waals surface area contributed by atoms with E-state index < -0.39 is 5.60 Å². The Morgan fingerprint density at radius 2 is 1.86 bits per heavy atom. The average Bonchev–Trinajstić information content (AvgIpc) is 2.38. The number of benzene rings is 1. The van der Waals surface area contributed by atoms with E-state index in [0.717, 1.165) is 11.3 Å². The SMILES string of the molecule is CCOCCC(Cc1ccc(N)cc1)C(=O)OC(C)(C)C. The molecule has 1 rings (SSSR count). The fourth-order valence-electron chi connectivity index (χ4n) is 2.00. The van der Waals surface area contributed by atoms with E-state index in [2.05, 4.69) is 0 Å². The molecular weight excluding hydrogens is 266 g/mol. The summed E-state index contributed by atoms with van der Waals surface area (Å²) in [7, 11) is 0. The van der Waals surface area contributed by atoms with E-state index in [1.54, 1.807) is 0 Å². The summed E-state index contributed by atoms with van der Waals surface area (Å²) in [6, 6.07) is 7.61. The molecular formula is C17H27NO3. The number of nitrogen functional groups attached to an aromatic ring is 1. The van der Waals surface area contributed by atoms with Gasteiger partial charge < -0.3 is 15.2 Å². The first-order valence-electron chi connectivity index (χ1n) is 7.47.